The number of nitrogens with one attached hydrogen (secondary N) is 2. The number of aryl methyl sites for hydroxylation is 3. The van der Waals surface area contributed by atoms with Crippen LogP contribution in [-0.4, -0.2) is 20.0 Å². The molecule has 0 spiro atoms. The van der Waals surface area contributed by atoms with Crippen molar-refractivity contribution < 1.29 is 4.79 Å². The van der Waals surface area contributed by atoms with Gasteiger partial charge in [-0.2, -0.15) is 0 Å². The molecule has 0 saturated carbocycles. The average Bonchev–Trinajstić information content (AvgIpc) is 3.11. The van der Waals surface area contributed by atoms with E-state index in [-0.39, 0.29) is 5.91 Å². The predicted octanol–water partition coefficient (Wildman–Crippen LogP) is 4.62. The number of imidazole rings is 1. The van der Waals surface area contributed by atoms with Crippen molar-refractivity contribution in [2.24, 2.45) is 7.05 Å². The monoisotopic (exact) mass is 459 g/mol. The summed E-state index contributed by atoms with van der Waals surface area (Å²) in [5, 5.41) is 12.0. The molecule has 6 nitrogen and oxygen atoms in total. The van der Waals surface area contributed by atoms with Gasteiger partial charge in [0.25, 0.3) is 5.91 Å². The maximum absolute atomic E-state index is 13.1. The fourth-order valence-corrected chi connectivity index (χ4v) is 3.87. The third-order valence-electron chi connectivity index (χ3n) is 5.59. The average molecular weight is 460 g/mol. The first-order valence-corrected chi connectivity index (χ1v) is 11.0. The molecular formula is C26H26ClN5O. The topological polar surface area (TPSA) is 75.7 Å². The van der Waals surface area contributed by atoms with Crippen molar-refractivity contribution >= 4 is 17.5 Å². The lowest BCUT2D eigenvalue weighted by molar-refractivity contribution is 0.0951. The highest BCUT2D eigenvalue weighted by molar-refractivity contribution is 6.31. The number of pyridine rings is 1. The number of benzene rings is 2. The number of aromatic nitrogens is 3. The SMILES string of the molecule is Cc1cc(-c2cc(Cn3ccn(C)c3=N)cc(C(=O)NCc3ccc(Cl)c(C)c3)c2)ccn1. The van der Waals surface area contributed by atoms with E-state index in [1.54, 1.807) is 10.8 Å². The minimum atomic E-state index is -0.152. The van der Waals surface area contributed by atoms with Gasteiger partial charge in [0.05, 0.1) is 6.54 Å². The molecule has 0 atom stereocenters. The Hall–Kier alpha value is -3.64. The van der Waals surface area contributed by atoms with Gasteiger partial charge in [-0.15, -0.1) is 0 Å². The molecule has 33 heavy (non-hydrogen) atoms. The van der Waals surface area contributed by atoms with Gasteiger partial charge in [-0.25, -0.2) is 0 Å². The van der Waals surface area contributed by atoms with E-state index in [4.69, 9.17) is 17.0 Å². The molecule has 0 radical (unpaired) electrons. The van der Waals surface area contributed by atoms with E-state index in [0.717, 1.165) is 33.5 Å². The third kappa shape index (κ3) is 5.23. The third-order valence-corrected chi connectivity index (χ3v) is 6.01. The number of rotatable bonds is 6. The Labute approximate surface area is 198 Å². The first-order valence-electron chi connectivity index (χ1n) is 10.7. The number of carbonyl (C=O) groups excluding carboxylic acids is 1. The second kappa shape index (κ2) is 9.46. The fraction of sp³-hybridized carbons (Fsp3) is 0.192. The second-order valence-electron chi connectivity index (χ2n) is 8.23. The molecule has 0 aliphatic heterocycles. The van der Waals surface area contributed by atoms with Crippen molar-refractivity contribution in [3.05, 3.63) is 106 Å². The quantitative estimate of drug-likeness (QED) is 0.441. The lowest BCUT2D eigenvalue weighted by Crippen LogP contribution is -2.24. The Morgan fingerprint density at radius 3 is 2.55 bits per heavy atom. The number of amides is 1. The standard InChI is InChI=1S/C26H26ClN5O/c1-17-10-19(4-5-24(17)27)15-30-25(33)23-13-20(16-32-9-8-31(3)26(32)28)12-22(14-23)21-6-7-29-18(2)11-21/h4-14,28H,15-16H2,1-3H3,(H,30,33). The highest BCUT2D eigenvalue weighted by Crippen LogP contribution is 2.24. The summed E-state index contributed by atoms with van der Waals surface area (Å²) in [4.78, 5) is 17.4. The van der Waals surface area contributed by atoms with Crippen LogP contribution in [-0.2, 0) is 20.1 Å². The predicted molar refractivity (Wildman–Crippen MR) is 130 cm³/mol. The number of halogens is 1. The van der Waals surface area contributed by atoms with Crippen molar-refractivity contribution in [3.63, 3.8) is 0 Å². The van der Waals surface area contributed by atoms with Crippen LogP contribution in [0.15, 0.2) is 67.1 Å². The molecule has 1 amide bonds. The summed E-state index contributed by atoms with van der Waals surface area (Å²) in [6.45, 7) is 4.80. The minimum Gasteiger partial charge on any atom is -0.348 e. The maximum Gasteiger partial charge on any atom is 0.251 e. The van der Waals surface area contributed by atoms with E-state index in [1.165, 1.54) is 0 Å². The summed E-state index contributed by atoms with van der Waals surface area (Å²) in [6, 6.07) is 15.5. The lowest BCUT2D eigenvalue weighted by atomic mass is 9.99. The number of hydrogen-bond donors (Lipinski definition) is 2. The smallest absolute Gasteiger partial charge is 0.251 e. The van der Waals surface area contributed by atoms with Gasteiger partial charge < -0.3 is 14.5 Å². The second-order valence-corrected chi connectivity index (χ2v) is 8.64. The number of nitrogens with zero attached hydrogens (tertiary/aromatic N) is 3. The molecule has 0 fully saturated rings. The van der Waals surface area contributed by atoms with E-state index >= 15 is 0 Å². The van der Waals surface area contributed by atoms with Crippen molar-refractivity contribution in [3.8, 4) is 11.1 Å². The van der Waals surface area contributed by atoms with Crippen LogP contribution in [0, 0.1) is 19.3 Å². The number of hydrogen-bond acceptors (Lipinski definition) is 3. The van der Waals surface area contributed by atoms with Gasteiger partial charge in [0.15, 0.2) is 0 Å². The van der Waals surface area contributed by atoms with Gasteiger partial charge in [0, 0.05) is 48.5 Å². The Bertz CT molecular complexity index is 1390. The molecule has 2 aromatic carbocycles. The first kappa shape index (κ1) is 22.6. The van der Waals surface area contributed by atoms with Gasteiger partial charge in [-0.3, -0.25) is 15.2 Å². The van der Waals surface area contributed by atoms with Crippen LogP contribution in [0.25, 0.3) is 11.1 Å². The van der Waals surface area contributed by atoms with Gasteiger partial charge in [0.2, 0.25) is 5.62 Å². The molecule has 0 aliphatic rings. The summed E-state index contributed by atoms with van der Waals surface area (Å²) in [7, 11) is 1.84. The Morgan fingerprint density at radius 2 is 1.85 bits per heavy atom. The first-order chi connectivity index (χ1) is 15.8. The van der Waals surface area contributed by atoms with Crippen LogP contribution < -0.4 is 10.9 Å². The van der Waals surface area contributed by atoms with Crippen LogP contribution in [0.5, 0.6) is 0 Å². The van der Waals surface area contributed by atoms with Crippen LogP contribution in [0.2, 0.25) is 5.02 Å². The van der Waals surface area contributed by atoms with Gasteiger partial charge >= 0.3 is 0 Å². The molecule has 0 saturated heterocycles. The largest absolute Gasteiger partial charge is 0.348 e. The Kier molecular flexibility index (Phi) is 6.47. The molecule has 0 unspecified atom stereocenters. The zero-order valence-electron chi connectivity index (χ0n) is 18.9. The van der Waals surface area contributed by atoms with Crippen molar-refractivity contribution in [2.45, 2.75) is 26.9 Å². The van der Waals surface area contributed by atoms with Crippen molar-refractivity contribution in [2.75, 3.05) is 0 Å². The van der Waals surface area contributed by atoms with E-state index in [9.17, 15) is 4.79 Å². The number of carbonyl (C=O) groups is 1. The summed E-state index contributed by atoms with van der Waals surface area (Å²) in [5.41, 5.74) is 6.73. The van der Waals surface area contributed by atoms with E-state index in [1.807, 2.05) is 80.3 Å². The van der Waals surface area contributed by atoms with Gasteiger partial charge in [-0.05, 0) is 78.1 Å². The summed E-state index contributed by atoms with van der Waals surface area (Å²) >= 11 is 6.11. The molecule has 0 aliphatic carbocycles. The van der Waals surface area contributed by atoms with Crippen LogP contribution >= 0.6 is 11.6 Å². The van der Waals surface area contributed by atoms with Crippen LogP contribution in [0.1, 0.15) is 32.7 Å². The summed E-state index contributed by atoms with van der Waals surface area (Å²) in [6.07, 6.45) is 5.49. The molecule has 4 rings (SSSR count). The molecule has 4 aromatic rings. The minimum absolute atomic E-state index is 0.152. The normalized spacial score (nSPS) is 10.9. The summed E-state index contributed by atoms with van der Waals surface area (Å²) < 4.78 is 3.59. The Morgan fingerprint density at radius 1 is 1.03 bits per heavy atom. The van der Waals surface area contributed by atoms with Crippen molar-refractivity contribution in [1.29, 1.82) is 5.41 Å². The highest BCUT2D eigenvalue weighted by atomic mass is 35.5. The fourth-order valence-electron chi connectivity index (χ4n) is 3.76. The van der Waals surface area contributed by atoms with E-state index in [0.29, 0.717) is 29.3 Å². The maximum atomic E-state index is 13.1. The molecule has 2 N–H and O–H groups in total. The highest BCUT2D eigenvalue weighted by Gasteiger charge is 2.12. The van der Waals surface area contributed by atoms with Gasteiger partial charge in [-0.1, -0.05) is 23.7 Å². The molecule has 168 valence electrons. The molecule has 2 heterocycles. The molecular weight excluding hydrogens is 434 g/mol. The Balaban J connectivity index is 1.65. The molecule has 0 bridgehead atoms. The lowest BCUT2D eigenvalue weighted by Gasteiger charge is -2.12. The van der Waals surface area contributed by atoms with Gasteiger partial charge in [0.1, 0.15) is 0 Å². The van der Waals surface area contributed by atoms with E-state index in [2.05, 4.69) is 16.4 Å². The molecule has 7 heteroatoms. The van der Waals surface area contributed by atoms with E-state index < -0.39 is 0 Å². The zero-order valence-corrected chi connectivity index (χ0v) is 19.6. The van der Waals surface area contributed by atoms with Crippen LogP contribution in [0.3, 0.4) is 0 Å². The zero-order chi connectivity index (χ0) is 23.5. The van der Waals surface area contributed by atoms with Crippen LogP contribution in [0.4, 0.5) is 0 Å². The van der Waals surface area contributed by atoms with Crippen molar-refractivity contribution in [1.82, 2.24) is 19.4 Å². The molecule has 2 aromatic heterocycles. The summed E-state index contributed by atoms with van der Waals surface area (Å²) in [5.74, 6) is -0.152.